The average Bonchev–Trinajstić information content (AvgIpc) is 3.56. The Morgan fingerprint density at radius 1 is 1.17 bits per heavy atom. The van der Waals surface area contributed by atoms with E-state index in [2.05, 4.69) is 25.7 Å². The van der Waals surface area contributed by atoms with Crippen LogP contribution in [0, 0.1) is 11.8 Å². The lowest BCUT2D eigenvalue weighted by atomic mass is 10.0. The minimum atomic E-state index is -4.55. The molecule has 2 N–H and O–H groups in total. The third-order valence-electron chi connectivity index (χ3n) is 6.31. The number of aromatic carboxylic acids is 1. The molecule has 3 aromatic rings. The minimum Gasteiger partial charge on any atom is -0.476 e. The van der Waals surface area contributed by atoms with Gasteiger partial charge in [-0.2, -0.15) is 28.2 Å². The Kier molecular flexibility index (Phi) is 5.71. The molecule has 35 heavy (non-hydrogen) atoms. The second-order valence-corrected chi connectivity index (χ2v) is 8.99. The zero-order valence-electron chi connectivity index (χ0n) is 17.9. The molecule has 1 aromatic carbocycles. The summed E-state index contributed by atoms with van der Waals surface area (Å²) in [5.41, 5.74) is -0.799. The largest absolute Gasteiger partial charge is 0.476 e. The molecule has 2 saturated heterocycles. The number of aromatic amines is 1. The molecule has 2 aliphatic rings. The number of nitrogens with one attached hydrogen (secondary N) is 1. The fourth-order valence-electron chi connectivity index (χ4n) is 4.76. The van der Waals surface area contributed by atoms with Crippen LogP contribution in [0.15, 0.2) is 24.4 Å². The first kappa shape index (κ1) is 23.2. The Hall–Kier alpha value is -3.52. The van der Waals surface area contributed by atoms with E-state index >= 15 is 0 Å². The summed E-state index contributed by atoms with van der Waals surface area (Å²) in [6, 6.07) is 3.50. The first-order valence-corrected chi connectivity index (χ1v) is 10.9. The van der Waals surface area contributed by atoms with Crippen LogP contribution in [-0.2, 0) is 12.7 Å². The number of nitrogens with zero attached hydrogens (tertiary/aromatic N) is 7. The van der Waals surface area contributed by atoms with Crippen LogP contribution in [0.3, 0.4) is 0 Å². The summed E-state index contributed by atoms with van der Waals surface area (Å²) in [4.78, 5) is 27.4. The molecule has 184 valence electrons. The first-order chi connectivity index (χ1) is 16.6. The fraction of sp³-hybridized carbons (Fsp3) is 0.400. The number of hydrogen-bond acceptors (Lipinski definition) is 7. The van der Waals surface area contributed by atoms with Gasteiger partial charge >= 0.3 is 18.2 Å². The van der Waals surface area contributed by atoms with Crippen LogP contribution in [0.1, 0.15) is 21.6 Å². The highest BCUT2D eigenvalue weighted by Crippen LogP contribution is 2.37. The van der Waals surface area contributed by atoms with Crippen LogP contribution in [0.5, 0.6) is 0 Å². The topological polar surface area (TPSA) is 133 Å². The van der Waals surface area contributed by atoms with Crippen molar-refractivity contribution < 1.29 is 27.9 Å². The molecule has 2 unspecified atom stereocenters. The number of carboxylic acid groups (broad SMARTS) is 1. The summed E-state index contributed by atoms with van der Waals surface area (Å²) in [5, 5.41) is 25.8. The van der Waals surface area contributed by atoms with Crippen LogP contribution in [0.25, 0.3) is 11.4 Å². The van der Waals surface area contributed by atoms with Gasteiger partial charge in [0, 0.05) is 38.3 Å². The third kappa shape index (κ3) is 4.46. The van der Waals surface area contributed by atoms with Gasteiger partial charge in [-0.15, -0.1) is 10.2 Å². The average molecular weight is 511 g/mol. The number of H-pyrrole nitrogens is 1. The highest BCUT2D eigenvalue weighted by Gasteiger charge is 2.43. The summed E-state index contributed by atoms with van der Waals surface area (Å²) < 4.78 is 42.2. The van der Waals surface area contributed by atoms with Crippen molar-refractivity contribution in [3.05, 3.63) is 46.2 Å². The number of carbonyl (C=O) groups is 2. The predicted molar refractivity (Wildman–Crippen MR) is 113 cm³/mol. The maximum atomic E-state index is 13.8. The summed E-state index contributed by atoms with van der Waals surface area (Å²) >= 11 is 5.83. The Labute approximate surface area is 200 Å². The number of amides is 1. The fourth-order valence-corrected chi connectivity index (χ4v) is 4.97. The molecule has 15 heteroatoms. The Balaban J connectivity index is 1.26. The zero-order valence-corrected chi connectivity index (χ0v) is 18.7. The maximum Gasteiger partial charge on any atom is 0.416 e. The molecule has 2 aromatic heterocycles. The van der Waals surface area contributed by atoms with Gasteiger partial charge < -0.3 is 10.0 Å². The number of carbonyl (C=O) groups excluding carboxylic acids is 1. The van der Waals surface area contributed by atoms with Gasteiger partial charge in [-0.25, -0.2) is 9.59 Å². The number of carboxylic acids is 1. The molecule has 2 fully saturated rings. The smallest absolute Gasteiger partial charge is 0.416 e. The number of rotatable bonds is 4. The van der Waals surface area contributed by atoms with Crippen molar-refractivity contribution >= 4 is 23.6 Å². The molecule has 0 radical (unpaired) electrons. The lowest BCUT2D eigenvalue weighted by molar-refractivity contribution is -0.138. The van der Waals surface area contributed by atoms with Crippen molar-refractivity contribution in [3.63, 3.8) is 0 Å². The maximum absolute atomic E-state index is 13.8. The highest BCUT2D eigenvalue weighted by molar-refractivity contribution is 6.33. The molecule has 0 bridgehead atoms. The van der Waals surface area contributed by atoms with Crippen molar-refractivity contribution in [1.29, 1.82) is 0 Å². The number of halogens is 4. The lowest BCUT2D eigenvalue weighted by Gasteiger charge is -2.23. The van der Waals surface area contributed by atoms with E-state index in [4.69, 9.17) is 16.7 Å². The predicted octanol–water partition coefficient (Wildman–Crippen LogP) is 2.47. The van der Waals surface area contributed by atoms with E-state index in [1.165, 1.54) is 12.1 Å². The van der Waals surface area contributed by atoms with Gasteiger partial charge in [0.25, 0.3) is 0 Å². The van der Waals surface area contributed by atoms with E-state index in [0.717, 1.165) is 16.9 Å². The molecule has 2 aliphatic heterocycles. The van der Waals surface area contributed by atoms with E-state index < -0.39 is 29.4 Å². The van der Waals surface area contributed by atoms with E-state index in [-0.39, 0.29) is 40.4 Å². The van der Waals surface area contributed by atoms with E-state index in [1.807, 2.05) is 4.90 Å². The van der Waals surface area contributed by atoms with Crippen LogP contribution in [0.2, 0.25) is 5.02 Å². The number of fused-ring (bicyclic) bond motifs is 1. The quantitative estimate of drug-likeness (QED) is 0.547. The number of benzene rings is 1. The monoisotopic (exact) mass is 510 g/mol. The molecule has 0 aliphatic carbocycles. The van der Waals surface area contributed by atoms with Gasteiger partial charge in [-0.1, -0.05) is 23.7 Å². The summed E-state index contributed by atoms with van der Waals surface area (Å²) in [5.74, 6) is -1.09. The molecule has 2 atom stereocenters. The van der Waals surface area contributed by atoms with Gasteiger partial charge in [0.1, 0.15) is 0 Å². The Morgan fingerprint density at radius 3 is 2.46 bits per heavy atom. The van der Waals surface area contributed by atoms with E-state index in [0.29, 0.717) is 26.2 Å². The molecule has 5 rings (SSSR count). The SMILES string of the molecule is O=C(O)c1nn(C(=O)N2CC3CN(Cc4ccc(-c5nn[nH]n5)cc4C(F)(F)F)CC3C2)cc1Cl. The first-order valence-electron chi connectivity index (χ1n) is 10.5. The Bertz CT molecular complexity index is 1270. The molecule has 1 amide bonds. The van der Waals surface area contributed by atoms with Crippen LogP contribution in [-0.4, -0.2) is 83.5 Å². The van der Waals surface area contributed by atoms with Gasteiger partial charge in [-0.05, 0) is 28.7 Å². The summed E-state index contributed by atoms with van der Waals surface area (Å²) in [7, 11) is 0. The minimum absolute atomic E-state index is 0.0801. The van der Waals surface area contributed by atoms with Gasteiger partial charge in [0.2, 0.25) is 5.82 Å². The number of tetrazole rings is 1. The standard InChI is InChI=1S/C20H18ClF3N8O3/c21-15-9-32(27-16(15)18(33)34)19(35)31-7-12-5-30(6-13(12)8-31)4-11-2-1-10(17-25-28-29-26-17)3-14(11)20(22,23)24/h1-3,9,12-13H,4-8H2,(H,33,34)(H,25,26,28,29). The van der Waals surface area contributed by atoms with Crippen molar-refractivity contribution in [2.75, 3.05) is 26.2 Å². The molecule has 0 spiro atoms. The van der Waals surface area contributed by atoms with Crippen molar-refractivity contribution in [1.82, 2.24) is 40.2 Å². The lowest BCUT2D eigenvalue weighted by Crippen LogP contribution is -2.36. The second-order valence-electron chi connectivity index (χ2n) is 8.58. The highest BCUT2D eigenvalue weighted by atomic mass is 35.5. The van der Waals surface area contributed by atoms with Crippen LogP contribution in [0.4, 0.5) is 18.0 Å². The zero-order chi connectivity index (χ0) is 24.9. The van der Waals surface area contributed by atoms with Crippen LogP contribution >= 0.6 is 11.6 Å². The number of alkyl halides is 3. The second kappa shape index (κ2) is 8.61. The number of aromatic nitrogens is 6. The van der Waals surface area contributed by atoms with Crippen molar-refractivity contribution in [3.8, 4) is 11.4 Å². The van der Waals surface area contributed by atoms with Crippen molar-refractivity contribution in [2.45, 2.75) is 12.7 Å². The Morgan fingerprint density at radius 2 is 1.89 bits per heavy atom. The van der Waals surface area contributed by atoms with Gasteiger partial charge in [-0.3, -0.25) is 4.90 Å². The summed E-state index contributed by atoms with van der Waals surface area (Å²) in [6.45, 7) is 1.95. The third-order valence-corrected chi connectivity index (χ3v) is 6.59. The normalized spacial score (nSPS) is 20.4. The molecular weight excluding hydrogens is 493 g/mol. The molecule has 4 heterocycles. The molecular formula is C20H18ClF3N8O3. The van der Waals surface area contributed by atoms with E-state index in [1.54, 1.807) is 4.90 Å². The number of hydrogen-bond donors (Lipinski definition) is 2. The molecule has 0 saturated carbocycles. The van der Waals surface area contributed by atoms with E-state index in [9.17, 15) is 22.8 Å². The van der Waals surface area contributed by atoms with Gasteiger partial charge in [0.15, 0.2) is 5.69 Å². The summed E-state index contributed by atoms with van der Waals surface area (Å²) in [6.07, 6.45) is -3.39. The van der Waals surface area contributed by atoms with Crippen LogP contribution < -0.4 is 0 Å². The van der Waals surface area contributed by atoms with Crippen molar-refractivity contribution in [2.24, 2.45) is 11.8 Å². The molecule has 11 nitrogen and oxygen atoms in total. The number of likely N-dealkylation sites (tertiary alicyclic amines) is 2. The van der Waals surface area contributed by atoms with Gasteiger partial charge in [0.05, 0.1) is 16.8 Å².